The van der Waals surface area contributed by atoms with E-state index in [2.05, 4.69) is 10.1 Å². The Morgan fingerprint density at radius 3 is 2.42 bits per heavy atom. The molecule has 0 aliphatic heterocycles. The van der Waals surface area contributed by atoms with E-state index in [-0.39, 0.29) is 6.04 Å². The number of anilines is 1. The molecule has 19 heavy (non-hydrogen) atoms. The Morgan fingerprint density at radius 1 is 1.26 bits per heavy atom. The van der Waals surface area contributed by atoms with Gasteiger partial charge in [-0.1, -0.05) is 11.6 Å². The van der Waals surface area contributed by atoms with E-state index >= 15 is 0 Å². The quantitative estimate of drug-likeness (QED) is 0.644. The molecule has 106 valence electrons. The van der Waals surface area contributed by atoms with Crippen LogP contribution >= 0.6 is 11.6 Å². The van der Waals surface area contributed by atoms with Gasteiger partial charge in [0.1, 0.15) is 0 Å². The van der Waals surface area contributed by atoms with Crippen LogP contribution in [0, 0.1) is 0 Å². The molecule has 0 bridgehead atoms. The van der Waals surface area contributed by atoms with E-state index in [4.69, 9.17) is 21.1 Å². The zero-order chi connectivity index (χ0) is 14.4. The number of halogens is 1. The van der Waals surface area contributed by atoms with E-state index in [1.54, 1.807) is 32.4 Å². The van der Waals surface area contributed by atoms with Gasteiger partial charge >= 0.3 is 5.97 Å². The van der Waals surface area contributed by atoms with Gasteiger partial charge in [-0.3, -0.25) is 0 Å². The highest BCUT2D eigenvalue weighted by Crippen LogP contribution is 2.24. The maximum absolute atomic E-state index is 11.5. The Morgan fingerprint density at radius 2 is 1.89 bits per heavy atom. The number of benzene rings is 1. The van der Waals surface area contributed by atoms with Gasteiger partial charge in [-0.25, -0.2) is 4.79 Å². The molecule has 5 nitrogen and oxygen atoms in total. The first-order valence-electron chi connectivity index (χ1n) is 5.73. The summed E-state index contributed by atoms with van der Waals surface area (Å²) < 4.78 is 15.0. The van der Waals surface area contributed by atoms with Crippen molar-refractivity contribution in [2.75, 3.05) is 26.6 Å². The minimum absolute atomic E-state index is 0.139. The van der Waals surface area contributed by atoms with Gasteiger partial charge in [-0.2, -0.15) is 0 Å². The van der Waals surface area contributed by atoms with E-state index in [0.717, 1.165) is 0 Å². The highest BCUT2D eigenvalue weighted by atomic mass is 35.5. The normalized spacial score (nSPS) is 12.3. The standard InChI is InChI=1S/C13H18ClNO4/c1-8(13(18-3)19-4)15-11-7-9(12(16)17-2)5-6-10(11)14/h5-8,13,15H,1-4H3. The fourth-order valence-electron chi connectivity index (χ4n) is 1.70. The molecule has 1 aromatic rings. The number of hydrogen-bond acceptors (Lipinski definition) is 5. The molecule has 0 saturated carbocycles. The largest absolute Gasteiger partial charge is 0.465 e. The van der Waals surface area contributed by atoms with Crippen LogP contribution in [0.4, 0.5) is 5.69 Å². The number of ether oxygens (including phenoxy) is 3. The molecule has 1 atom stereocenters. The first-order valence-corrected chi connectivity index (χ1v) is 6.11. The molecule has 0 aliphatic rings. The number of nitrogens with one attached hydrogen (secondary N) is 1. The van der Waals surface area contributed by atoms with Gasteiger partial charge in [0.2, 0.25) is 0 Å². The van der Waals surface area contributed by atoms with E-state index in [1.807, 2.05) is 6.92 Å². The molecule has 0 spiro atoms. The molecule has 0 fully saturated rings. The minimum Gasteiger partial charge on any atom is -0.465 e. The Bertz CT molecular complexity index is 435. The van der Waals surface area contributed by atoms with Crippen molar-refractivity contribution in [2.45, 2.75) is 19.3 Å². The molecule has 1 aromatic carbocycles. The molecule has 6 heteroatoms. The van der Waals surface area contributed by atoms with Crippen molar-refractivity contribution in [1.29, 1.82) is 0 Å². The molecule has 0 heterocycles. The number of methoxy groups -OCH3 is 3. The van der Waals surface area contributed by atoms with E-state index in [9.17, 15) is 4.79 Å². The van der Waals surface area contributed by atoms with Crippen molar-refractivity contribution >= 4 is 23.3 Å². The third-order valence-electron chi connectivity index (χ3n) is 2.64. The second kappa shape index (κ2) is 7.33. The fraction of sp³-hybridized carbons (Fsp3) is 0.462. The predicted molar refractivity (Wildman–Crippen MR) is 73.7 cm³/mol. The van der Waals surface area contributed by atoms with Gasteiger partial charge in [-0.05, 0) is 25.1 Å². The lowest BCUT2D eigenvalue weighted by molar-refractivity contribution is -0.109. The first kappa shape index (κ1) is 15.8. The van der Waals surface area contributed by atoms with Gasteiger partial charge in [0, 0.05) is 14.2 Å². The lowest BCUT2D eigenvalue weighted by Gasteiger charge is -2.23. The summed E-state index contributed by atoms with van der Waals surface area (Å²) in [7, 11) is 4.44. The maximum atomic E-state index is 11.5. The van der Waals surface area contributed by atoms with Crippen molar-refractivity contribution in [3.8, 4) is 0 Å². The van der Waals surface area contributed by atoms with Gasteiger partial charge in [-0.15, -0.1) is 0 Å². The van der Waals surface area contributed by atoms with Crippen LogP contribution in [0.2, 0.25) is 5.02 Å². The number of carbonyl (C=O) groups is 1. The first-order chi connectivity index (χ1) is 9.03. The SMILES string of the molecule is COC(=O)c1ccc(Cl)c(NC(C)C(OC)OC)c1. The van der Waals surface area contributed by atoms with Crippen molar-refractivity contribution in [3.63, 3.8) is 0 Å². The van der Waals surface area contributed by atoms with Crippen molar-refractivity contribution in [2.24, 2.45) is 0 Å². The summed E-state index contributed by atoms with van der Waals surface area (Å²) in [5.41, 5.74) is 1.05. The molecule has 0 amide bonds. The summed E-state index contributed by atoms with van der Waals surface area (Å²) in [4.78, 5) is 11.5. The monoisotopic (exact) mass is 287 g/mol. The van der Waals surface area contributed by atoms with Crippen molar-refractivity contribution in [1.82, 2.24) is 0 Å². The van der Waals surface area contributed by atoms with Gasteiger partial charge < -0.3 is 19.5 Å². The summed E-state index contributed by atoms with van der Waals surface area (Å²) in [6.07, 6.45) is -0.419. The molecule has 1 rings (SSSR count). The van der Waals surface area contributed by atoms with E-state index in [0.29, 0.717) is 16.3 Å². The van der Waals surface area contributed by atoms with Crippen LogP contribution in [-0.4, -0.2) is 39.6 Å². The highest BCUT2D eigenvalue weighted by Gasteiger charge is 2.17. The summed E-state index contributed by atoms with van der Waals surface area (Å²) >= 11 is 6.08. The highest BCUT2D eigenvalue weighted by molar-refractivity contribution is 6.33. The van der Waals surface area contributed by atoms with Crippen LogP contribution < -0.4 is 5.32 Å². The van der Waals surface area contributed by atoms with Crippen LogP contribution in [0.5, 0.6) is 0 Å². The Labute approximate surface area is 117 Å². The molecule has 0 saturated heterocycles. The molecule has 1 N–H and O–H groups in total. The second-order valence-corrected chi connectivity index (χ2v) is 4.37. The van der Waals surface area contributed by atoms with Gasteiger partial charge in [0.15, 0.2) is 6.29 Å². The average molecular weight is 288 g/mol. The third kappa shape index (κ3) is 4.09. The van der Waals surface area contributed by atoms with Crippen LogP contribution in [0.25, 0.3) is 0 Å². The van der Waals surface area contributed by atoms with E-state index < -0.39 is 12.3 Å². The summed E-state index contributed by atoms with van der Waals surface area (Å²) in [5, 5.41) is 3.65. The lowest BCUT2D eigenvalue weighted by atomic mass is 10.2. The maximum Gasteiger partial charge on any atom is 0.337 e. The van der Waals surface area contributed by atoms with Crippen LogP contribution in [0.15, 0.2) is 18.2 Å². The van der Waals surface area contributed by atoms with Crippen molar-refractivity contribution < 1.29 is 19.0 Å². The minimum atomic E-state index is -0.419. The number of carbonyl (C=O) groups excluding carboxylic acids is 1. The molecule has 0 radical (unpaired) electrons. The zero-order valence-electron chi connectivity index (χ0n) is 11.4. The van der Waals surface area contributed by atoms with Gasteiger partial charge in [0.05, 0.1) is 29.4 Å². The fourth-order valence-corrected chi connectivity index (χ4v) is 1.87. The average Bonchev–Trinajstić information content (AvgIpc) is 2.41. The number of esters is 1. The topological polar surface area (TPSA) is 56.8 Å². The summed E-state index contributed by atoms with van der Waals surface area (Å²) in [5.74, 6) is -0.414. The predicted octanol–water partition coefficient (Wildman–Crippen LogP) is 2.55. The van der Waals surface area contributed by atoms with Crippen molar-refractivity contribution in [3.05, 3.63) is 28.8 Å². The number of rotatable bonds is 6. The molecular weight excluding hydrogens is 270 g/mol. The molecule has 1 unspecified atom stereocenters. The number of hydrogen-bond donors (Lipinski definition) is 1. The van der Waals surface area contributed by atoms with Crippen LogP contribution in [0.1, 0.15) is 17.3 Å². The van der Waals surface area contributed by atoms with Crippen LogP contribution in [-0.2, 0) is 14.2 Å². The molecule has 0 aliphatic carbocycles. The zero-order valence-corrected chi connectivity index (χ0v) is 12.2. The smallest absolute Gasteiger partial charge is 0.337 e. The Balaban J connectivity index is 2.90. The second-order valence-electron chi connectivity index (χ2n) is 3.96. The Hall–Kier alpha value is -1.30. The summed E-state index contributed by atoms with van der Waals surface area (Å²) in [6, 6.07) is 4.74. The lowest BCUT2D eigenvalue weighted by Crippen LogP contribution is -2.33. The van der Waals surface area contributed by atoms with E-state index in [1.165, 1.54) is 7.11 Å². The molecular formula is C13H18ClNO4. The Kier molecular flexibility index (Phi) is 6.08. The van der Waals surface area contributed by atoms with Gasteiger partial charge in [0.25, 0.3) is 0 Å². The summed E-state index contributed by atoms with van der Waals surface area (Å²) in [6.45, 7) is 1.89. The third-order valence-corrected chi connectivity index (χ3v) is 2.97. The van der Waals surface area contributed by atoms with Crippen LogP contribution in [0.3, 0.4) is 0 Å². The molecule has 0 aromatic heterocycles.